The summed E-state index contributed by atoms with van der Waals surface area (Å²) in [6.45, 7) is 4.84. The van der Waals surface area contributed by atoms with Crippen molar-refractivity contribution < 1.29 is 24.5 Å². The molecule has 0 aliphatic heterocycles. The van der Waals surface area contributed by atoms with Gasteiger partial charge in [-0.3, -0.25) is 4.79 Å². The Kier molecular flexibility index (Phi) is 4.91. The Bertz CT molecular complexity index is 554. The van der Waals surface area contributed by atoms with Gasteiger partial charge in [0, 0.05) is 0 Å². The molecule has 0 unspecified atom stereocenters. The molecule has 1 aromatic carbocycles. The highest BCUT2D eigenvalue weighted by atomic mass is 16.5. The summed E-state index contributed by atoms with van der Waals surface area (Å²) >= 11 is 0. The summed E-state index contributed by atoms with van der Waals surface area (Å²) in [4.78, 5) is 22.9. The highest BCUT2D eigenvalue weighted by Gasteiger charge is 2.23. The number of ketones is 1. The van der Waals surface area contributed by atoms with E-state index in [0.29, 0.717) is 11.1 Å². The number of aliphatic carboxylic acids is 1. The lowest BCUT2D eigenvalue weighted by Gasteiger charge is -2.16. The Balaban J connectivity index is 3.60. The number of phenols is 1. The van der Waals surface area contributed by atoms with E-state index in [9.17, 15) is 19.8 Å². The number of methoxy groups -OCH3 is 1. The molecule has 5 nitrogen and oxygen atoms in total. The zero-order chi connectivity index (χ0) is 15.4. The average Bonchev–Trinajstić information content (AvgIpc) is 2.35. The number of hydrogen-bond acceptors (Lipinski definition) is 4. The van der Waals surface area contributed by atoms with Crippen molar-refractivity contribution in [2.45, 2.75) is 20.8 Å². The van der Waals surface area contributed by atoms with Gasteiger partial charge in [0.15, 0.2) is 17.3 Å². The van der Waals surface area contributed by atoms with Crippen LogP contribution in [-0.2, 0) is 9.59 Å². The summed E-state index contributed by atoms with van der Waals surface area (Å²) in [5.74, 6) is -1.74. The van der Waals surface area contributed by atoms with Crippen molar-refractivity contribution in [1.82, 2.24) is 0 Å². The fourth-order valence-corrected chi connectivity index (χ4v) is 2.07. The molecule has 108 valence electrons. The van der Waals surface area contributed by atoms with Crippen molar-refractivity contribution in [3.63, 3.8) is 0 Å². The number of aromatic hydroxyl groups is 1. The second-order valence-corrected chi connectivity index (χ2v) is 4.69. The summed E-state index contributed by atoms with van der Waals surface area (Å²) in [5, 5.41) is 18.8. The molecular weight excluding hydrogens is 260 g/mol. The normalized spacial score (nSPS) is 12.1. The zero-order valence-corrected chi connectivity index (χ0v) is 11.9. The monoisotopic (exact) mass is 278 g/mol. The highest BCUT2D eigenvalue weighted by Crippen LogP contribution is 2.34. The third kappa shape index (κ3) is 3.17. The van der Waals surface area contributed by atoms with Crippen LogP contribution in [0.1, 0.15) is 26.3 Å². The number of carbonyl (C=O) groups excluding carboxylic acids is 1. The van der Waals surface area contributed by atoms with Crippen molar-refractivity contribution in [2.24, 2.45) is 5.92 Å². The van der Waals surface area contributed by atoms with Crippen molar-refractivity contribution >= 4 is 17.3 Å². The van der Waals surface area contributed by atoms with Crippen LogP contribution < -0.4 is 4.74 Å². The number of carboxylic acid groups (broad SMARTS) is 1. The molecule has 20 heavy (non-hydrogen) atoms. The van der Waals surface area contributed by atoms with Gasteiger partial charge < -0.3 is 14.9 Å². The van der Waals surface area contributed by atoms with Gasteiger partial charge in [-0.15, -0.1) is 0 Å². The first-order valence-corrected chi connectivity index (χ1v) is 6.15. The van der Waals surface area contributed by atoms with Gasteiger partial charge in [0.05, 0.1) is 7.11 Å². The molecule has 0 saturated heterocycles. The summed E-state index contributed by atoms with van der Waals surface area (Å²) in [6.07, 6.45) is 0. The first-order valence-electron chi connectivity index (χ1n) is 6.15. The van der Waals surface area contributed by atoms with Gasteiger partial charge in [0.2, 0.25) is 0 Å². The van der Waals surface area contributed by atoms with Crippen LogP contribution in [-0.4, -0.2) is 29.1 Å². The summed E-state index contributed by atoms with van der Waals surface area (Å²) < 4.78 is 5.01. The van der Waals surface area contributed by atoms with Crippen LogP contribution in [0.5, 0.6) is 11.5 Å². The maximum absolute atomic E-state index is 11.6. The van der Waals surface area contributed by atoms with Crippen LogP contribution >= 0.6 is 0 Å². The van der Waals surface area contributed by atoms with Crippen LogP contribution in [0.3, 0.4) is 0 Å². The molecule has 0 amide bonds. The smallest absolute Gasteiger partial charge is 0.339 e. The van der Waals surface area contributed by atoms with Gasteiger partial charge in [-0.05, 0) is 36.1 Å². The van der Waals surface area contributed by atoms with E-state index in [-0.39, 0.29) is 23.0 Å². The summed E-state index contributed by atoms with van der Waals surface area (Å²) in [7, 11) is 1.40. The number of rotatable bonds is 5. The van der Waals surface area contributed by atoms with Gasteiger partial charge in [-0.1, -0.05) is 19.9 Å². The highest BCUT2D eigenvalue weighted by molar-refractivity contribution is 6.21. The lowest BCUT2D eigenvalue weighted by molar-refractivity contribution is -0.134. The summed E-state index contributed by atoms with van der Waals surface area (Å²) in [6, 6.07) is 4.51. The molecule has 1 aromatic rings. The minimum absolute atomic E-state index is 0.0425. The fourth-order valence-electron chi connectivity index (χ4n) is 2.07. The van der Waals surface area contributed by atoms with E-state index in [1.807, 2.05) is 0 Å². The van der Waals surface area contributed by atoms with Crippen LogP contribution in [0.2, 0.25) is 0 Å². The fraction of sp³-hybridized carbons (Fsp3) is 0.333. The van der Waals surface area contributed by atoms with Crippen LogP contribution in [0.15, 0.2) is 23.8 Å². The van der Waals surface area contributed by atoms with Gasteiger partial charge in [-0.2, -0.15) is 0 Å². The number of phenolic OH excluding ortho intramolecular Hbond substituents is 1. The van der Waals surface area contributed by atoms with E-state index < -0.39 is 11.8 Å². The molecule has 0 saturated carbocycles. The minimum atomic E-state index is -1.26. The Morgan fingerprint density at radius 2 is 1.85 bits per heavy atom. The molecular formula is C15H18O5. The number of ether oxygens (including phenoxy) is 1. The van der Waals surface area contributed by atoms with Crippen LogP contribution in [0.4, 0.5) is 0 Å². The molecule has 0 aliphatic carbocycles. The number of benzene rings is 1. The lowest BCUT2D eigenvalue weighted by Crippen LogP contribution is -2.14. The molecule has 0 bridgehead atoms. The van der Waals surface area contributed by atoms with E-state index in [1.165, 1.54) is 26.2 Å². The van der Waals surface area contributed by atoms with Crippen LogP contribution in [0.25, 0.3) is 5.57 Å². The first kappa shape index (κ1) is 15.8. The van der Waals surface area contributed by atoms with E-state index in [4.69, 9.17) is 4.74 Å². The topological polar surface area (TPSA) is 83.8 Å². The molecule has 0 radical (unpaired) electrons. The maximum Gasteiger partial charge on any atom is 0.339 e. The molecule has 2 N–H and O–H groups in total. The van der Waals surface area contributed by atoms with E-state index in [1.54, 1.807) is 19.9 Å². The predicted octanol–water partition coefficient (Wildman–Crippen LogP) is 2.48. The summed E-state index contributed by atoms with van der Waals surface area (Å²) in [5.41, 5.74) is 0.721. The Morgan fingerprint density at radius 1 is 1.25 bits per heavy atom. The SMILES string of the molecule is COc1cc(C(=C(C(C)=O)C(=O)O)C(C)C)ccc1O. The first-order chi connectivity index (χ1) is 9.29. The molecule has 1 rings (SSSR count). The Hall–Kier alpha value is -2.30. The maximum atomic E-state index is 11.6. The van der Waals surface area contributed by atoms with E-state index >= 15 is 0 Å². The van der Waals surface area contributed by atoms with Crippen molar-refractivity contribution in [2.75, 3.05) is 7.11 Å². The molecule has 0 aliphatic rings. The van der Waals surface area contributed by atoms with E-state index in [2.05, 4.69) is 0 Å². The van der Waals surface area contributed by atoms with Gasteiger partial charge in [-0.25, -0.2) is 4.79 Å². The molecule has 0 aromatic heterocycles. The quantitative estimate of drug-likeness (QED) is 0.491. The standard InChI is InChI=1S/C15H18O5/c1-8(2)13(14(9(3)16)15(18)19)10-5-6-11(17)12(7-10)20-4/h5-8,17H,1-4H3,(H,18,19). The van der Waals surface area contributed by atoms with Gasteiger partial charge >= 0.3 is 5.97 Å². The third-order valence-electron chi connectivity index (χ3n) is 2.90. The van der Waals surface area contributed by atoms with Crippen LogP contribution in [0, 0.1) is 5.92 Å². The minimum Gasteiger partial charge on any atom is -0.504 e. The number of allylic oxidation sites excluding steroid dienone is 1. The average molecular weight is 278 g/mol. The molecule has 5 heteroatoms. The van der Waals surface area contributed by atoms with E-state index in [0.717, 1.165) is 0 Å². The molecule has 0 fully saturated rings. The number of carbonyl (C=O) groups is 2. The van der Waals surface area contributed by atoms with Crippen molar-refractivity contribution in [1.29, 1.82) is 0 Å². The number of carboxylic acids is 1. The Labute approximate surface area is 117 Å². The second kappa shape index (κ2) is 6.23. The second-order valence-electron chi connectivity index (χ2n) is 4.69. The molecule has 0 spiro atoms. The molecule has 0 heterocycles. The Morgan fingerprint density at radius 3 is 2.25 bits per heavy atom. The molecule has 0 atom stereocenters. The zero-order valence-electron chi connectivity index (χ0n) is 11.9. The number of Topliss-reactive ketones (excluding diaryl/α,β-unsaturated/α-hetero) is 1. The third-order valence-corrected chi connectivity index (χ3v) is 2.90. The largest absolute Gasteiger partial charge is 0.504 e. The van der Waals surface area contributed by atoms with Gasteiger partial charge in [0.25, 0.3) is 0 Å². The van der Waals surface area contributed by atoms with Crippen molar-refractivity contribution in [3.8, 4) is 11.5 Å². The van der Waals surface area contributed by atoms with Gasteiger partial charge in [0.1, 0.15) is 5.57 Å². The lowest BCUT2D eigenvalue weighted by atomic mass is 9.89. The van der Waals surface area contributed by atoms with Crippen molar-refractivity contribution in [3.05, 3.63) is 29.3 Å². The predicted molar refractivity (Wildman–Crippen MR) is 74.7 cm³/mol. The number of hydrogen-bond donors (Lipinski definition) is 2.